The third-order valence-electron chi connectivity index (χ3n) is 5.96. The van der Waals surface area contributed by atoms with Crippen molar-refractivity contribution in [2.75, 3.05) is 25.2 Å². The molecule has 168 valence electrons. The molecule has 1 aliphatic heterocycles. The normalized spacial score (nSPS) is 15.9. The molecular weight excluding hydrogens is 438 g/mol. The molecule has 33 heavy (non-hydrogen) atoms. The monoisotopic (exact) mass is 461 g/mol. The van der Waals surface area contributed by atoms with Crippen LogP contribution in [-0.2, 0) is 11.3 Å². The fraction of sp³-hybridized carbons (Fsp3) is 0.231. The third kappa shape index (κ3) is 4.14. The van der Waals surface area contributed by atoms with Crippen LogP contribution < -0.4 is 14.4 Å². The number of imidazole rings is 1. The Morgan fingerprint density at radius 2 is 1.73 bits per heavy atom. The van der Waals surface area contributed by atoms with E-state index >= 15 is 0 Å². The first kappa shape index (κ1) is 21.3. The third-order valence-corrected chi connectivity index (χ3v) is 6.28. The van der Waals surface area contributed by atoms with E-state index in [1.54, 1.807) is 12.0 Å². The Morgan fingerprint density at radius 1 is 1.00 bits per heavy atom. The quantitative estimate of drug-likeness (QED) is 0.375. The number of aromatic nitrogens is 2. The Kier molecular flexibility index (Phi) is 5.92. The molecular formula is C26H24ClN3O3. The van der Waals surface area contributed by atoms with E-state index in [4.69, 9.17) is 26.1 Å². The van der Waals surface area contributed by atoms with Gasteiger partial charge in [0, 0.05) is 18.9 Å². The van der Waals surface area contributed by atoms with Gasteiger partial charge in [-0.1, -0.05) is 48.0 Å². The number of nitrogens with zero attached hydrogens (tertiary/aromatic N) is 3. The summed E-state index contributed by atoms with van der Waals surface area (Å²) in [4.78, 5) is 19.6. The lowest BCUT2D eigenvalue weighted by Gasteiger charge is -2.18. The van der Waals surface area contributed by atoms with Gasteiger partial charge >= 0.3 is 0 Å². The van der Waals surface area contributed by atoms with Gasteiger partial charge in [-0.25, -0.2) is 4.98 Å². The molecule has 7 heteroatoms. The van der Waals surface area contributed by atoms with Crippen molar-refractivity contribution in [3.63, 3.8) is 0 Å². The van der Waals surface area contributed by atoms with E-state index in [-0.39, 0.29) is 11.8 Å². The summed E-state index contributed by atoms with van der Waals surface area (Å²) in [7, 11) is 1.63. The maximum Gasteiger partial charge on any atom is 0.227 e. The molecule has 4 aromatic rings. The largest absolute Gasteiger partial charge is 0.493 e. The van der Waals surface area contributed by atoms with Crippen LogP contribution >= 0.6 is 11.6 Å². The standard InChI is InChI=1S/C26H24ClN3O3/c1-32-23-12-6-7-13-24(23)33-15-14-29-22-11-5-3-9-20(22)28-26(29)18-16-25(31)30(17-18)21-10-4-2-8-19(21)27/h2-13,18H,14-17H2,1H3/t18-/m0/s1. The minimum Gasteiger partial charge on any atom is -0.493 e. The van der Waals surface area contributed by atoms with Crippen molar-refractivity contribution in [1.82, 2.24) is 9.55 Å². The Balaban J connectivity index is 1.41. The first-order valence-electron chi connectivity index (χ1n) is 10.9. The second kappa shape index (κ2) is 9.16. The molecule has 0 unspecified atom stereocenters. The van der Waals surface area contributed by atoms with Gasteiger partial charge < -0.3 is 18.9 Å². The van der Waals surface area contributed by atoms with Crippen molar-refractivity contribution in [2.45, 2.75) is 18.9 Å². The fourth-order valence-electron chi connectivity index (χ4n) is 4.41. The highest BCUT2D eigenvalue weighted by atomic mass is 35.5. The summed E-state index contributed by atoms with van der Waals surface area (Å²) in [6, 6.07) is 23.1. The van der Waals surface area contributed by atoms with Gasteiger partial charge in [0.15, 0.2) is 11.5 Å². The molecule has 0 spiro atoms. The van der Waals surface area contributed by atoms with Gasteiger partial charge in [-0.3, -0.25) is 4.79 Å². The van der Waals surface area contributed by atoms with Crippen LogP contribution in [0.1, 0.15) is 18.2 Å². The molecule has 1 fully saturated rings. The Hall–Kier alpha value is -3.51. The van der Waals surface area contributed by atoms with Gasteiger partial charge in [-0.15, -0.1) is 0 Å². The maximum atomic E-state index is 12.9. The van der Waals surface area contributed by atoms with Crippen molar-refractivity contribution in [3.05, 3.63) is 83.6 Å². The average molecular weight is 462 g/mol. The molecule has 3 aromatic carbocycles. The van der Waals surface area contributed by atoms with Gasteiger partial charge in [-0.2, -0.15) is 0 Å². The number of fused-ring (bicyclic) bond motifs is 1. The number of methoxy groups -OCH3 is 1. The molecule has 1 aliphatic rings. The summed E-state index contributed by atoms with van der Waals surface area (Å²) in [5.74, 6) is 2.31. The number of amides is 1. The van der Waals surface area contributed by atoms with Crippen molar-refractivity contribution in [2.24, 2.45) is 0 Å². The number of carbonyl (C=O) groups excluding carboxylic acids is 1. The minimum absolute atomic E-state index is 0.0348. The van der Waals surface area contributed by atoms with Crippen LogP contribution in [0.2, 0.25) is 5.02 Å². The number of halogens is 1. The van der Waals surface area contributed by atoms with E-state index < -0.39 is 0 Å². The second-order valence-corrected chi connectivity index (χ2v) is 8.37. The average Bonchev–Trinajstić information content (AvgIpc) is 3.40. The smallest absolute Gasteiger partial charge is 0.227 e. The van der Waals surface area contributed by atoms with E-state index in [0.29, 0.717) is 42.6 Å². The molecule has 0 saturated carbocycles. The van der Waals surface area contributed by atoms with Crippen LogP contribution in [0.15, 0.2) is 72.8 Å². The lowest BCUT2D eigenvalue weighted by atomic mass is 10.1. The van der Waals surface area contributed by atoms with Crippen molar-refractivity contribution in [1.29, 1.82) is 0 Å². The minimum atomic E-state index is -0.0348. The van der Waals surface area contributed by atoms with Gasteiger partial charge in [0.05, 0.1) is 35.4 Å². The van der Waals surface area contributed by atoms with Crippen LogP contribution in [0.4, 0.5) is 5.69 Å². The van der Waals surface area contributed by atoms with E-state index in [1.165, 1.54) is 0 Å². The number of hydrogen-bond acceptors (Lipinski definition) is 4. The molecule has 1 atom stereocenters. The summed E-state index contributed by atoms with van der Waals surface area (Å²) in [5, 5.41) is 0.574. The Morgan fingerprint density at radius 3 is 2.55 bits per heavy atom. The van der Waals surface area contributed by atoms with E-state index in [1.807, 2.05) is 66.7 Å². The summed E-state index contributed by atoms with van der Waals surface area (Å²) in [6.07, 6.45) is 0.391. The van der Waals surface area contributed by atoms with Gasteiger partial charge in [0.25, 0.3) is 0 Å². The molecule has 6 nitrogen and oxygen atoms in total. The Bertz CT molecular complexity index is 1300. The van der Waals surface area contributed by atoms with Crippen molar-refractivity contribution in [3.8, 4) is 11.5 Å². The maximum absolute atomic E-state index is 12.9. The first-order valence-corrected chi connectivity index (χ1v) is 11.3. The van der Waals surface area contributed by atoms with E-state index in [0.717, 1.165) is 22.5 Å². The molecule has 1 saturated heterocycles. The van der Waals surface area contributed by atoms with Gasteiger partial charge in [-0.05, 0) is 36.4 Å². The summed E-state index contributed by atoms with van der Waals surface area (Å²) < 4.78 is 13.6. The number of hydrogen-bond donors (Lipinski definition) is 0. The lowest BCUT2D eigenvalue weighted by Crippen LogP contribution is -2.25. The van der Waals surface area contributed by atoms with Crippen molar-refractivity contribution >= 4 is 34.2 Å². The van der Waals surface area contributed by atoms with Gasteiger partial charge in [0.2, 0.25) is 5.91 Å². The highest BCUT2D eigenvalue weighted by molar-refractivity contribution is 6.33. The molecule has 0 aliphatic carbocycles. The molecule has 1 amide bonds. The molecule has 2 heterocycles. The van der Waals surface area contributed by atoms with E-state index in [2.05, 4.69) is 10.6 Å². The highest BCUT2D eigenvalue weighted by Crippen LogP contribution is 2.36. The summed E-state index contributed by atoms with van der Waals surface area (Å²) in [5.41, 5.74) is 2.68. The summed E-state index contributed by atoms with van der Waals surface area (Å²) in [6.45, 7) is 1.59. The van der Waals surface area contributed by atoms with Crippen LogP contribution in [0.3, 0.4) is 0 Å². The number of anilines is 1. The van der Waals surface area contributed by atoms with Crippen LogP contribution in [0, 0.1) is 0 Å². The predicted octanol–water partition coefficient (Wildman–Crippen LogP) is 5.30. The Labute approximate surface area is 197 Å². The summed E-state index contributed by atoms with van der Waals surface area (Å²) >= 11 is 6.37. The SMILES string of the molecule is COc1ccccc1OCCn1c([C@H]2CC(=O)N(c3ccccc3Cl)C2)nc2ccccc21. The molecule has 1 aromatic heterocycles. The second-order valence-electron chi connectivity index (χ2n) is 7.97. The number of para-hydroxylation sites is 5. The van der Waals surface area contributed by atoms with E-state index in [9.17, 15) is 4.79 Å². The van der Waals surface area contributed by atoms with Crippen LogP contribution in [-0.4, -0.2) is 35.7 Å². The van der Waals surface area contributed by atoms with Crippen LogP contribution in [0.25, 0.3) is 11.0 Å². The number of ether oxygens (including phenoxy) is 2. The number of rotatable bonds is 7. The molecule has 0 radical (unpaired) electrons. The van der Waals surface area contributed by atoms with Crippen molar-refractivity contribution < 1.29 is 14.3 Å². The zero-order valence-electron chi connectivity index (χ0n) is 18.3. The van der Waals surface area contributed by atoms with Gasteiger partial charge in [0.1, 0.15) is 12.4 Å². The predicted molar refractivity (Wildman–Crippen MR) is 129 cm³/mol. The topological polar surface area (TPSA) is 56.6 Å². The lowest BCUT2D eigenvalue weighted by molar-refractivity contribution is -0.117. The molecule has 0 bridgehead atoms. The molecule has 0 N–H and O–H groups in total. The number of benzene rings is 3. The van der Waals surface area contributed by atoms with Crippen LogP contribution in [0.5, 0.6) is 11.5 Å². The highest BCUT2D eigenvalue weighted by Gasteiger charge is 2.35. The zero-order valence-corrected chi connectivity index (χ0v) is 19.0. The first-order chi connectivity index (χ1) is 16.2. The molecule has 5 rings (SSSR count). The number of carbonyl (C=O) groups is 1. The fourth-order valence-corrected chi connectivity index (χ4v) is 4.65. The zero-order chi connectivity index (χ0) is 22.8.